The quantitative estimate of drug-likeness (QED) is 0.592. The van der Waals surface area contributed by atoms with Gasteiger partial charge in [0, 0.05) is 5.92 Å². The Morgan fingerprint density at radius 2 is 1.00 bits per heavy atom. The lowest BCUT2D eigenvalue weighted by Gasteiger charge is -2.27. The number of allylic oxidation sites excluding steroid dienone is 2. The van der Waals surface area contributed by atoms with Gasteiger partial charge < -0.3 is 0 Å². The monoisotopic (exact) mass is 220 g/mol. The minimum atomic E-state index is 0.541. The molecule has 0 aromatic carbocycles. The molecule has 0 nitrogen and oxygen atoms in total. The zero-order valence-corrected chi connectivity index (χ0v) is 11.9. The van der Waals surface area contributed by atoms with Gasteiger partial charge in [0.1, 0.15) is 0 Å². The van der Waals surface area contributed by atoms with Gasteiger partial charge in [-0.25, -0.2) is 0 Å². The maximum absolute atomic E-state index is 4.38. The molecule has 0 bridgehead atoms. The average molecular weight is 220 g/mol. The summed E-state index contributed by atoms with van der Waals surface area (Å²) in [6.07, 6.45) is 0. The Hall–Kier alpha value is -0.520. The van der Waals surface area contributed by atoms with Gasteiger partial charge in [-0.05, 0) is 29.6 Å². The van der Waals surface area contributed by atoms with Crippen molar-refractivity contribution in [2.24, 2.45) is 35.5 Å². The Bertz CT molecular complexity index is 254. The third-order valence-corrected chi connectivity index (χ3v) is 4.15. The SMILES string of the molecule is C=C1C(C(C)C)C(=C)C(C(C)C)C1C(C)C. The van der Waals surface area contributed by atoms with Crippen LogP contribution in [-0.4, -0.2) is 0 Å². The van der Waals surface area contributed by atoms with Gasteiger partial charge in [0.2, 0.25) is 0 Å². The summed E-state index contributed by atoms with van der Waals surface area (Å²) >= 11 is 0. The topological polar surface area (TPSA) is 0 Å². The van der Waals surface area contributed by atoms with E-state index in [-0.39, 0.29) is 0 Å². The summed E-state index contributed by atoms with van der Waals surface area (Å²) in [5.74, 6) is 3.82. The Labute approximate surface area is 102 Å². The van der Waals surface area contributed by atoms with E-state index in [9.17, 15) is 0 Å². The summed E-state index contributed by atoms with van der Waals surface area (Å²) in [6, 6.07) is 0. The average Bonchev–Trinajstić information content (AvgIpc) is 2.36. The summed E-state index contributed by atoms with van der Waals surface area (Å²) in [5, 5.41) is 0. The van der Waals surface area contributed by atoms with Crippen molar-refractivity contribution < 1.29 is 0 Å². The Balaban J connectivity index is 3.09. The minimum Gasteiger partial charge on any atom is -0.0989 e. The lowest BCUT2D eigenvalue weighted by Crippen LogP contribution is -2.20. The fourth-order valence-corrected chi connectivity index (χ4v) is 3.66. The molecular weight excluding hydrogens is 192 g/mol. The van der Waals surface area contributed by atoms with E-state index < -0.39 is 0 Å². The van der Waals surface area contributed by atoms with Crippen LogP contribution in [0.5, 0.6) is 0 Å². The van der Waals surface area contributed by atoms with E-state index >= 15 is 0 Å². The van der Waals surface area contributed by atoms with Gasteiger partial charge in [0.05, 0.1) is 0 Å². The van der Waals surface area contributed by atoms with Crippen LogP contribution in [0.3, 0.4) is 0 Å². The van der Waals surface area contributed by atoms with Crippen molar-refractivity contribution in [2.75, 3.05) is 0 Å². The first kappa shape index (κ1) is 13.5. The van der Waals surface area contributed by atoms with E-state index in [0.717, 1.165) is 0 Å². The molecule has 0 spiro atoms. The van der Waals surface area contributed by atoms with Crippen LogP contribution < -0.4 is 0 Å². The zero-order valence-electron chi connectivity index (χ0n) is 11.9. The molecule has 1 fully saturated rings. The maximum Gasteiger partial charge on any atom is 0.00308 e. The second-order valence-electron chi connectivity index (χ2n) is 6.41. The Kier molecular flexibility index (Phi) is 4.04. The van der Waals surface area contributed by atoms with Crippen molar-refractivity contribution >= 4 is 0 Å². The van der Waals surface area contributed by atoms with Crippen LogP contribution in [0.15, 0.2) is 24.3 Å². The third-order valence-electron chi connectivity index (χ3n) is 4.15. The highest BCUT2D eigenvalue weighted by atomic mass is 14.5. The van der Waals surface area contributed by atoms with E-state index in [1.165, 1.54) is 11.1 Å². The maximum atomic E-state index is 4.38. The molecule has 0 heterocycles. The molecule has 1 aliphatic rings. The predicted molar refractivity (Wildman–Crippen MR) is 73.3 cm³/mol. The summed E-state index contributed by atoms with van der Waals surface area (Å²) in [7, 11) is 0. The highest BCUT2D eigenvalue weighted by Crippen LogP contribution is 2.52. The fourth-order valence-electron chi connectivity index (χ4n) is 3.66. The molecule has 0 aliphatic heterocycles. The van der Waals surface area contributed by atoms with Crippen molar-refractivity contribution in [3.63, 3.8) is 0 Å². The van der Waals surface area contributed by atoms with E-state index in [2.05, 4.69) is 54.7 Å². The Morgan fingerprint density at radius 3 is 1.19 bits per heavy atom. The second-order valence-corrected chi connectivity index (χ2v) is 6.41. The van der Waals surface area contributed by atoms with Crippen LogP contribution >= 0.6 is 0 Å². The summed E-state index contributed by atoms with van der Waals surface area (Å²) in [6.45, 7) is 22.6. The molecule has 16 heavy (non-hydrogen) atoms. The lowest BCUT2D eigenvalue weighted by molar-refractivity contribution is 0.296. The smallest absolute Gasteiger partial charge is 0.00308 e. The Morgan fingerprint density at radius 1 is 0.688 bits per heavy atom. The number of rotatable bonds is 3. The molecule has 0 saturated heterocycles. The standard InChI is InChI=1S/C16H28/c1-9(2)14-12(7)15(10(3)4)16(11(5)6)13(14)8/h9-11,14-16H,7-8H2,1-6H3. The molecule has 1 saturated carbocycles. The molecule has 1 aliphatic carbocycles. The van der Waals surface area contributed by atoms with Gasteiger partial charge in [-0.15, -0.1) is 0 Å². The number of hydrogen-bond acceptors (Lipinski definition) is 0. The van der Waals surface area contributed by atoms with Crippen LogP contribution in [-0.2, 0) is 0 Å². The molecule has 0 aromatic heterocycles. The van der Waals surface area contributed by atoms with Crippen LogP contribution in [0.4, 0.5) is 0 Å². The van der Waals surface area contributed by atoms with Crippen molar-refractivity contribution in [1.29, 1.82) is 0 Å². The first-order valence-corrected chi connectivity index (χ1v) is 6.66. The van der Waals surface area contributed by atoms with Gasteiger partial charge in [-0.2, -0.15) is 0 Å². The van der Waals surface area contributed by atoms with E-state index in [1.807, 2.05) is 0 Å². The van der Waals surface area contributed by atoms with Gasteiger partial charge in [-0.3, -0.25) is 0 Å². The minimum absolute atomic E-state index is 0.541. The van der Waals surface area contributed by atoms with Crippen molar-refractivity contribution in [1.82, 2.24) is 0 Å². The summed E-state index contributed by atoms with van der Waals surface area (Å²) < 4.78 is 0. The highest BCUT2D eigenvalue weighted by molar-refractivity contribution is 5.32. The summed E-state index contributed by atoms with van der Waals surface area (Å²) in [4.78, 5) is 0. The normalized spacial score (nSPS) is 31.2. The van der Waals surface area contributed by atoms with Crippen LogP contribution in [0.2, 0.25) is 0 Å². The summed E-state index contributed by atoms with van der Waals surface area (Å²) in [5.41, 5.74) is 2.88. The molecular formula is C16H28. The first-order chi connectivity index (χ1) is 7.29. The molecule has 0 N–H and O–H groups in total. The zero-order chi connectivity index (χ0) is 12.6. The molecule has 1 rings (SSSR count). The first-order valence-electron chi connectivity index (χ1n) is 6.66. The predicted octanol–water partition coefficient (Wildman–Crippen LogP) is 4.93. The molecule has 0 aromatic rings. The van der Waals surface area contributed by atoms with E-state index in [4.69, 9.17) is 0 Å². The molecule has 0 heteroatoms. The van der Waals surface area contributed by atoms with Gasteiger partial charge in [0.25, 0.3) is 0 Å². The van der Waals surface area contributed by atoms with Crippen molar-refractivity contribution in [2.45, 2.75) is 41.5 Å². The third kappa shape index (κ3) is 2.12. The van der Waals surface area contributed by atoms with Gasteiger partial charge in [-0.1, -0.05) is 65.8 Å². The molecule has 0 radical (unpaired) electrons. The van der Waals surface area contributed by atoms with E-state index in [0.29, 0.717) is 35.5 Å². The van der Waals surface area contributed by atoms with Crippen molar-refractivity contribution in [3.8, 4) is 0 Å². The molecule has 0 amide bonds. The van der Waals surface area contributed by atoms with Gasteiger partial charge in [0.15, 0.2) is 0 Å². The van der Waals surface area contributed by atoms with E-state index in [1.54, 1.807) is 0 Å². The van der Waals surface area contributed by atoms with Gasteiger partial charge >= 0.3 is 0 Å². The molecule has 2 atom stereocenters. The molecule has 2 unspecified atom stereocenters. The van der Waals surface area contributed by atoms with Crippen LogP contribution in [0.1, 0.15) is 41.5 Å². The van der Waals surface area contributed by atoms with Crippen molar-refractivity contribution in [3.05, 3.63) is 24.3 Å². The largest absolute Gasteiger partial charge is 0.0989 e. The second kappa shape index (κ2) is 4.77. The fraction of sp³-hybridized carbons (Fsp3) is 0.750. The lowest BCUT2D eigenvalue weighted by atomic mass is 9.77. The molecule has 92 valence electrons. The highest BCUT2D eigenvalue weighted by Gasteiger charge is 2.43. The number of hydrogen-bond donors (Lipinski definition) is 0. The van der Waals surface area contributed by atoms with Crippen LogP contribution in [0.25, 0.3) is 0 Å². The van der Waals surface area contributed by atoms with Crippen LogP contribution in [0, 0.1) is 35.5 Å².